The third-order valence-electron chi connectivity index (χ3n) is 3.18. The van der Waals surface area contributed by atoms with E-state index in [1.165, 1.54) is 5.56 Å². The summed E-state index contributed by atoms with van der Waals surface area (Å²) in [5.41, 5.74) is 7.73. The number of halogens is 1. The molecule has 5 heteroatoms. The number of para-hydroxylation sites is 1. The van der Waals surface area contributed by atoms with E-state index in [-0.39, 0.29) is 17.8 Å². The maximum Gasteiger partial charge on any atom is 0.222 e. The molecule has 2 N–H and O–H groups in total. The van der Waals surface area contributed by atoms with Gasteiger partial charge in [-0.25, -0.2) is 9.37 Å². The summed E-state index contributed by atoms with van der Waals surface area (Å²) < 4.78 is 13.9. The molecular weight excluding hydrogens is 231 g/mol. The molecule has 4 nitrogen and oxygen atoms in total. The Morgan fingerprint density at radius 3 is 3.00 bits per heavy atom. The molecule has 0 amide bonds. The monoisotopic (exact) mass is 244 g/mol. The highest BCUT2D eigenvalue weighted by Gasteiger charge is 2.29. The van der Waals surface area contributed by atoms with Gasteiger partial charge in [-0.3, -0.25) is 0 Å². The standard InChI is InChI=1S/C13H13FN4/c1-8-6-9-4-2-3-5-11(9)18(8)12-10(14)7-16-13(15)17-12/h2-5,7-8H,6H2,1H3,(H2,15,16,17). The number of hydrogen-bond donors (Lipinski definition) is 1. The van der Waals surface area contributed by atoms with Crippen molar-refractivity contribution in [1.29, 1.82) is 0 Å². The van der Waals surface area contributed by atoms with E-state index in [0.717, 1.165) is 18.3 Å². The largest absolute Gasteiger partial charge is 0.368 e. The first-order valence-electron chi connectivity index (χ1n) is 5.82. The third-order valence-corrected chi connectivity index (χ3v) is 3.18. The highest BCUT2D eigenvalue weighted by molar-refractivity contribution is 5.69. The molecule has 1 aromatic carbocycles. The summed E-state index contributed by atoms with van der Waals surface area (Å²) in [6.07, 6.45) is 1.99. The molecule has 0 fully saturated rings. The lowest BCUT2D eigenvalue weighted by Crippen LogP contribution is -2.26. The lowest BCUT2D eigenvalue weighted by atomic mass is 10.1. The summed E-state index contributed by atoms with van der Waals surface area (Å²) in [6, 6.07) is 8.10. The van der Waals surface area contributed by atoms with Crippen LogP contribution in [0.25, 0.3) is 0 Å². The van der Waals surface area contributed by atoms with Crippen molar-refractivity contribution in [2.45, 2.75) is 19.4 Å². The number of rotatable bonds is 1. The van der Waals surface area contributed by atoms with Crippen molar-refractivity contribution >= 4 is 17.5 Å². The van der Waals surface area contributed by atoms with Crippen molar-refractivity contribution in [3.8, 4) is 0 Å². The van der Waals surface area contributed by atoms with Gasteiger partial charge in [0.05, 0.1) is 6.20 Å². The van der Waals surface area contributed by atoms with Gasteiger partial charge in [-0.2, -0.15) is 4.98 Å². The van der Waals surface area contributed by atoms with E-state index in [1.54, 1.807) is 0 Å². The molecule has 1 aromatic heterocycles. The molecule has 92 valence electrons. The lowest BCUT2D eigenvalue weighted by molar-refractivity contribution is 0.603. The van der Waals surface area contributed by atoms with Gasteiger partial charge in [0, 0.05) is 11.7 Å². The zero-order valence-corrected chi connectivity index (χ0v) is 9.97. The van der Waals surface area contributed by atoms with Gasteiger partial charge in [0.15, 0.2) is 11.6 Å². The second kappa shape index (κ2) is 3.94. The van der Waals surface area contributed by atoms with Crippen LogP contribution in [-0.2, 0) is 6.42 Å². The van der Waals surface area contributed by atoms with E-state index in [2.05, 4.69) is 9.97 Å². The molecule has 1 unspecified atom stereocenters. The van der Waals surface area contributed by atoms with Crippen LogP contribution >= 0.6 is 0 Å². The molecule has 0 radical (unpaired) electrons. The minimum Gasteiger partial charge on any atom is -0.368 e. The minimum absolute atomic E-state index is 0.0861. The van der Waals surface area contributed by atoms with E-state index < -0.39 is 5.82 Å². The number of anilines is 3. The summed E-state index contributed by atoms with van der Waals surface area (Å²) >= 11 is 0. The van der Waals surface area contributed by atoms with Crippen molar-refractivity contribution in [2.75, 3.05) is 10.6 Å². The maximum absolute atomic E-state index is 13.9. The maximum atomic E-state index is 13.9. The topological polar surface area (TPSA) is 55.0 Å². The Hall–Kier alpha value is -2.17. The smallest absolute Gasteiger partial charge is 0.222 e. The molecule has 2 aromatic rings. The van der Waals surface area contributed by atoms with Crippen LogP contribution in [-0.4, -0.2) is 16.0 Å². The first-order chi connectivity index (χ1) is 8.66. The Balaban J connectivity index is 2.14. The van der Waals surface area contributed by atoms with Gasteiger partial charge < -0.3 is 10.6 Å². The SMILES string of the molecule is CC1Cc2ccccc2N1c1nc(N)ncc1F. The van der Waals surface area contributed by atoms with Gasteiger partial charge in [0.2, 0.25) is 5.95 Å². The third kappa shape index (κ3) is 1.59. The molecule has 1 aliphatic heterocycles. The number of hydrogen-bond acceptors (Lipinski definition) is 4. The van der Waals surface area contributed by atoms with Crippen LogP contribution in [0.1, 0.15) is 12.5 Å². The second-order valence-corrected chi connectivity index (χ2v) is 4.45. The van der Waals surface area contributed by atoms with E-state index in [0.29, 0.717) is 0 Å². The molecule has 1 atom stereocenters. The molecule has 0 saturated carbocycles. The average Bonchev–Trinajstić information content (AvgIpc) is 2.68. The minimum atomic E-state index is -0.451. The fraction of sp³-hybridized carbons (Fsp3) is 0.231. The van der Waals surface area contributed by atoms with Crippen molar-refractivity contribution in [1.82, 2.24) is 9.97 Å². The van der Waals surface area contributed by atoms with Gasteiger partial charge in [0.25, 0.3) is 0 Å². The Kier molecular flexibility index (Phi) is 2.40. The van der Waals surface area contributed by atoms with Crippen LogP contribution < -0.4 is 10.6 Å². The van der Waals surface area contributed by atoms with Gasteiger partial charge in [-0.15, -0.1) is 0 Å². The van der Waals surface area contributed by atoms with Crippen molar-refractivity contribution in [3.63, 3.8) is 0 Å². The highest BCUT2D eigenvalue weighted by atomic mass is 19.1. The Labute approximate surface area is 104 Å². The Morgan fingerprint density at radius 1 is 1.39 bits per heavy atom. The van der Waals surface area contributed by atoms with Gasteiger partial charge in [0.1, 0.15) is 0 Å². The summed E-state index contributed by atoms with van der Waals surface area (Å²) in [5.74, 6) is -0.115. The van der Waals surface area contributed by atoms with Crippen LogP contribution in [0.15, 0.2) is 30.5 Å². The van der Waals surface area contributed by atoms with Gasteiger partial charge >= 0.3 is 0 Å². The fourth-order valence-electron chi connectivity index (χ4n) is 2.43. The molecule has 0 saturated heterocycles. The molecule has 18 heavy (non-hydrogen) atoms. The summed E-state index contributed by atoms with van der Waals surface area (Å²) in [7, 11) is 0. The molecule has 0 bridgehead atoms. The predicted octanol–water partition coefficient (Wildman–Crippen LogP) is 2.28. The van der Waals surface area contributed by atoms with Crippen LogP contribution in [0.2, 0.25) is 0 Å². The average molecular weight is 244 g/mol. The quantitative estimate of drug-likeness (QED) is 0.836. The molecule has 0 spiro atoms. The zero-order valence-electron chi connectivity index (χ0n) is 9.97. The number of fused-ring (bicyclic) bond motifs is 1. The first kappa shape index (κ1) is 11.0. The predicted molar refractivity (Wildman–Crippen MR) is 68.1 cm³/mol. The number of nitrogen functional groups attached to an aromatic ring is 1. The van der Waals surface area contributed by atoms with Crippen LogP contribution in [0, 0.1) is 5.82 Å². The van der Waals surface area contributed by atoms with Crippen LogP contribution in [0.5, 0.6) is 0 Å². The van der Waals surface area contributed by atoms with Crippen molar-refractivity contribution < 1.29 is 4.39 Å². The fourth-order valence-corrected chi connectivity index (χ4v) is 2.43. The Bertz CT molecular complexity index is 599. The number of benzene rings is 1. The molecule has 2 heterocycles. The summed E-state index contributed by atoms with van der Waals surface area (Å²) in [6.45, 7) is 2.04. The molecular formula is C13H13FN4. The van der Waals surface area contributed by atoms with Crippen molar-refractivity contribution in [2.24, 2.45) is 0 Å². The number of nitrogens with two attached hydrogens (primary N) is 1. The van der Waals surface area contributed by atoms with E-state index >= 15 is 0 Å². The molecule has 1 aliphatic rings. The molecule has 3 rings (SSSR count). The number of nitrogens with zero attached hydrogens (tertiary/aromatic N) is 3. The highest BCUT2D eigenvalue weighted by Crippen LogP contribution is 2.38. The second-order valence-electron chi connectivity index (χ2n) is 4.45. The normalized spacial score (nSPS) is 17.9. The van der Waals surface area contributed by atoms with E-state index in [4.69, 9.17) is 5.73 Å². The number of aromatic nitrogens is 2. The lowest BCUT2D eigenvalue weighted by Gasteiger charge is -2.24. The van der Waals surface area contributed by atoms with E-state index in [9.17, 15) is 4.39 Å². The zero-order chi connectivity index (χ0) is 12.7. The van der Waals surface area contributed by atoms with Gasteiger partial charge in [-0.05, 0) is 25.0 Å². The van der Waals surface area contributed by atoms with Crippen LogP contribution in [0.4, 0.5) is 21.8 Å². The summed E-state index contributed by atoms with van der Waals surface area (Å²) in [5, 5.41) is 0. The first-order valence-corrected chi connectivity index (χ1v) is 5.82. The summed E-state index contributed by atoms with van der Waals surface area (Å²) in [4.78, 5) is 9.56. The molecule has 0 aliphatic carbocycles. The van der Waals surface area contributed by atoms with Crippen molar-refractivity contribution in [3.05, 3.63) is 41.8 Å². The Morgan fingerprint density at radius 2 is 2.17 bits per heavy atom. The van der Waals surface area contributed by atoms with Gasteiger partial charge in [-0.1, -0.05) is 18.2 Å². The van der Waals surface area contributed by atoms with E-state index in [1.807, 2.05) is 36.1 Å². The van der Waals surface area contributed by atoms with Crippen LogP contribution in [0.3, 0.4) is 0 Å².